The lowest BCUT2D eigenvalue weighted by Gasteiger charge is -2.15. The summed E-state index contributed by atoms with van der Waals surface area (Å²) in [6.07, 6.45) is 1.29. The van der Waals surface area contributed by atoms with Crippen LogP contribution in [0.4, 0.5) is 0 Å². The molecule has 0 saturated carbocycles. The van der Waals surface area contributed by atoms with Gasteiger partial charge in [-0.15, -0.1) is 0 Å². The highest BCUT2D eigenvalue weighted by Crippen LogP contribution is 2.29. The third-order valence-corrected chi connectivity index (χ3v) is 3.94. The predicted molar refractivity (Wildman–Crippen MR) is 73.6 cm³/mol. The first-order valence-corrected chi connectivity index (χ1v) is 6.84. The van der Waals surface area contributed by atoms with Gasteiger partial charge in [-0.05, 0) is 18.1 Å². The van der Waals surface area contributed by atoms with Gasteiger partial charge in [-0.2, -0.15) is 0 Å². The van der Waals surface area contributed by atoms with Crippen molar-refractivity contribution in [3.63, 3.8) is 0 Å². The fourth-order valence-electron chi connectivity index (χ4n) is 1.71. The largest absolute Gasteiger partial charge is 0.387 e. The number of aromatic nitrogens is 2. The molecule has 4 heteroatoms. The van der Waals surface area contributed by atoms with Crippen LogP contribution in [-0.2, 0) is 7.05 Å². The molecule has 18 heavy (non-hydrogen) atoms. The van der Waals surface area contributed by atoms with Crippen LogP contribution in [0.1, 0.15) is 25.6 Å². The summed E-state index contributed by atoms with van der Waals surface area (Å²) in [7, 11) is 1.94. The van der Waals surface area contributed by atoms with Gasteiger partial charge in [0.15, 0.2) is 5.16 Å². The summed E-state index contributed by atoms with van der Waals surface area (Å²) in [5.41, 5.74) is 0.864. The van der Waals surface area contributed by atoms with Gasteiger partial charge in [0, 0.05) is 11.9 Å². The molecule has 2 rings (SSSR count). The summed E-state index contributed by atoms with van der Waals surface area (Å²) < 4.78 is 1.96. The zero-order valence-corrected chi connectivity index (χ0v) is 11.7. The van der Waals surface area contributed by atoms with Crippen LogP contribution < -0.4 is 0 Å². The smallest absolute Gasteiger partial charge is 0.172 e. The molecule has 0 aliphatic heterocycles. The summed E-state index contributed by atoms with van der Waals surface area (Å²) in [5, 5.41) is 11.0. The van der Waals surface area contributed by atoms with Gasteiger partial charge in [0.2, 0.25) is 0 Å². The van der Waals surface area contributed by atoms with Crippen LogP contribution in [0.15, 0.2) is 46.6 Å². The summed E-state index contributed by atoms with van der Waals surface area (Å²) in [5.74, 6) is 0.190. The average Bonchev–Trinajstić information content (AvgIpc) is 2.71. The van der Waals surface area contributed by atoms with Gasteiger partial charge >= 0.3 is 0 Å². The van der Waals surface area contributed by atoms with Crippen LogP contribution in [0.25, 0.3) is 0 Å². The third kappa shape index (κ3) is 2.76. The summed E-state index contributed by atoms with van der Waals surface area (Å²) in [6.45, 7) is 4.00. The second kappa shape index (κ2) is 5.59. The molecular weight excluding hydrogens is 244 g/mol. The minimum Gasteiger partial charge on any atom is -0.387 e. The minimum absolute atomic E-state index is 0.190. The molecule has 1 atom stereocenters. The molecular formula is C14H18N2OS. The van der Waals surface area contributed by atoms with Gasteiger partial charge < -0.3 is 9.67 Å². The van der Waals surface area contributed by atoms with Crippen molar-refractivity contribution in [2.24, 2.45) is 13.0 Å². The van der Waals surface area contributed by atoms with Crippen LogP contribution >= 0.6 is 11.8 Å². The number of hydrogen-bond acceptors (Lipinski definition) is 3. The lowest BCUT2D eigenvalue weighted by Crippen LogP contribution is -2.10. The molecule has 1 heterocycles. The lowest BCUT2D eigenvalue weighted by molar-refractivity contribution is 0.118. The van der Waals surface area contributed by atoms with Crippen LogP contribution in [0.5, 0.6) is 0 Å². The van der Waals surface area contributed by atoms with Crippen molar-refractivity contribution >= 4 is 11.8 Å². The van der Waals surface area contributed by atoms with Crippen molar-refractivity contribution in [2.75, 3.05) is 0 Å². The second-order valence-electron chi connectivity index (χ2n) is 4.63. The van der Waals surface area contributed by atoms with Crippen molar-refractivity contribution in [1.82, 2.24) is 9.55 Å². The van der Waals surface area contributed by atoms with Crippen LogP contribution in [0.3, 0.4) is 0 Å². The van der Waals surface area contributed by atoms with Crippen LogP contribution in [0.2, 0.25) is 0 Å². The monoisotopic (exact) mass is 262 g/mol. The van der Waals surface area contributed by atoms with E-state index in [2.05, 4.69) is 17.1 Å². The Balaban J connectivity index is 2.21. The third-order valence-electron chi connectivity index (χ3n) is 2.87. The summed E-state index contributed by atoms with van der Waals surface area (Å²) in [6, 6.07) is 10.1. The maximum atomic E-state index is 10.1. The lowest BCUT2D eigenvalue weighted by atomic mass is 10.1. The Morgan fingerprint density at radius 2 is 1.89 bits per heavy atom. The van der Waals surface area contributed by atoms with Crippen molar-refractivity contribution in [2.45, 2.75) is 30.0 Å². The topological polar surface area (TPSA) is 38.1 Å². The molecule has 0 aliphatic rings. The van der Waals surface area contributed by atoms with Gasteiger partial charge in [0.1, 0.15) is 0 Å². The molecule has 0 amide bonds. The minimum atomic E-state index is -0.465. The molecule has 0 saturated heterocycles. The Morgan fingerprint density at radius 1 is 1.22 bits per heavy atom. The Labute approximate surface area is 112 Å². The van der Waals surface area contributed by atoms with Gasteiger partial charge in [-0.3, -0.25) is 0 Å². The van der Waals surface area contributed by atoms with E-state index in [0.717, 1.165) is 15.7 Å². The second-order valence-corrected chi connectivity index (χ2v) is 5.67. The number of benzene rings is 1. The molecule has 0 bridgehead atoms. The van der Waals surface area contributed by atoms with Crippen LogP contribution in [-0.4, -0.2) is 14.7 Å². The van der Waals surface area contributed by atoms with Gasteiger partial charge in [0.25, 0.3) is 0 Å². The fraction of sp³-hybridized carbons (Fsp3) is 0.357. The van der Waals surface area contributed by atoms with Crippen LogP contribution in [0, 0.1) is 5.92 Å². The molecule has 96 valence electrons. The Morgan fingerprint density at radius 3 is 2.50 bits per heavy atom. The number of rotatable bonds is 4. The van der Waals surface area contributed by atoms with E-state index in [0.29, 0.717) is 0 Å². The first kappa shape index (κ1) is 13.2. The van der Waals surface area contributed by atoms with Gasteiger partial charge in [0.05, 0.1) is 18.0 Å². The van der Waals surface area contributed by atoms with Gasteiger partial charge in [-0.1, -0.05) is 43.8 Å². The first-order valence-electron chi connectivity index (χ1n) is 6.02. The molecule has 0 radical (unpaired) electrons. The van der Waals surface area contributed by atoms with E-state index in [1.165, 1.54) is 0 Å². The number of hydrogen-bond donors (Lipinski definition) is 1. The number of aliphatic hydroxyl groups is 1. The van der Waals surface area contributed by atoms with Crippen molar-refractivity contribution in [3.05, 3.63) is 42.2 Å². The molecule has 0 aliphatic carbocycles. The highest BCUT2D eigenvalue weighted by molar-refractivity contribution is 7.99. The molecule has 1 aromatic heterocycles. The molecule has 3 nitrogen and oxygen atoms in total. The molecule has 0 fully saturated rings. The van der Waals surface area contributed by atoms with E-state index in [9.17, 15) is 5.11 Å². The fourth-order valence-corrected chi connectivity index (χ4v) is 2.56. The predicted octanol–water partition coefficient (Wildman–Crippen LogP) is 3.26. The summed E-state index contributed by atoms with van der Waals surface area (Å²) in [4.78, 5) is 5.53. The normalized spacial score (nSPS) is 12.9. The molecule has 1 N–H and O–H groups in total. The number of aliphatic hydroxyl groups excluding tert-OH is 1. The highest BCUT2D eigenvalue weighted by Gasteiger charge is 2.18. The highest BCUT2D eigenvalue weighted by atomic mass is 32.2. The Hall–Kier alpha value is -1.26. The van der Waals surface area contributed by atoms with E-state index in [1.807, 2.05) is 43.7 Å². The van der Waals surface area contributed by atoms with E-state index in [4.69, 9.17) is 0 Å². The Kier molecular flexibility index (Phi) is 4.09. The maximum absolute atomic E-state index is 10.1. The molecule has 1 unspecified atom stereocenters. The molecule has 2 aromatic rings. The zero-order chi connectivity index (χ0) is 13.1. The molecule has 0 spiro atoms. The standard InChI is InChI=1S/C14H18N2OS/c1-10(2)13(17)12-9-15-14(16(12)3)18-11-7-5-4-6-8-11/h4-10,13,17H,1-3H3. The van der Waals surface area contributed by atoms with E-state index < -0.39 is 6.10 Å². The quantitative estimate of drug-likeness (QED) is 0.919. The maximum Gasteiger partial charge on any atom is 0.172 e. The summed E-state index contributed by atoms with van der Waals surface area (Å²) >= 11 is 1.60. The first-order chi connectivity index (χ1) is 8.59. The number of imidazole rings is 1. The molecule has 1 aromatic carbocycles. The number of nitrogens with zero attached hydrogens (tertiary/aromatic N) is 2. The van der Waals surface area contributed by atoms with Crippen molar-refractivity contribution < 1.29 is 5.11 Å². The van der Waals surface area contributed by atoms with Gasteiger partial charge in [-0.25, -0.2) is 4.98 Å². The Bertz CT molecular complexity index is 508. The zero-order valence-electron chi connectivity index (χ0n) is 10.9. The van der Waals surface area contributed by atoms with E-state index >= 15 is 0 Å². The average molecular weight is 262 g/mol. The van der Waals surface area contributed by atoms with Crippen molar-refractivity contribution in [3.8, 4) is 0 Å². The van der Waals surface area contributed by atoms with Crippen molar-refractivity contribution in [1.29, 1.82) is 0 Å². The SMILES string of the molecule is CC(C)C(O)c1cnc(Sc2ccccc2)n1C. The van der Waals surface area contributed by atoms with E-state index in [1.54, 1.807) is 18.0 Å². The van der Waals surface area contributed by atoms with E-state index in [-0.39, 0.29) is 5.92 Å².